The Balaban J connectivity index is 0.00000162. The highest BCUT2D eigenvalue weighted by atomic mass is 35.5. The molecule has 0 saturated carbocycles. The fourth-order valence-corrected chi connectivity index (χ4v) is 1.90. The smallest absolute Gasteiger partial charge is 0.265 e. The van der Waals surface area contributed by atoms with Gasteiger partial charge < -0.3 is 12.4 Å². The topological polar surface area (TPSA) is 21.7 Å². The minimum atomic E-state index is 0. The molecule has 4 heteroatoms. The quantitative estimate of drug-likeness (QED) is 0.658. The average molecular weight is 266 g/mol. The molecule has 0 saturated heterocycles. The molecule has 0 bridgehead atoms. The number of halogens is 1. The predicted octanol–water partition coefficient (Wildman–Crippen LogP) is -0.669. The molecule has 0 aliphatic rings. The first kappa shape index (κ1) is 14.7. The summed E-state index contributed by atoms with van der Waals surface area (Å²) in [5.41, 5.74) is 2.63. The summed E-state index contributed by atoms with van der Waals surface area (Å²) in [6.45, 7) is 6.23. The number of unbranched alkanes of at least 4 members (excludes halogenated alkanes) is 1. The molecule has 2 rings (SSSR count). The minimum absolute atomic E-state index is 0. The van der Waals surface area contributed by atoms with E-state index in [1.54, 1.807) is 0 Å². The number of nitrogens with zero attached hydrogens (tertiary/aromatic N) is 3. The van der Waals surface area contributed by atoms with Crippen LogP contribution in [0.5, 0.6) is 0 Å². The Morgan fingerprint density at radius 1 is 1.33 bits per heavy atom. The van der Waals surface area contributed by atoms with Gasteiger partial charge in [0.05, 0.1) is 6.54 Å². The summed E-state index contributed by atoms with van der Waals surface area (Å²) in [6.07, 6.45) is 6.37. The number of hydrogen-bond acceptors (Lipinski definition) is 1. The van der Waals surface area contributed by atoms with E-state index in [1.165, 1.54) is 24.0 Å². The van der Waals surface area contributed by atoms with Gasteiger partial charge in [0.15, 0.2) is 0 Å². The molecule has 0 aliphatic heterocycles. The van der Waals surface area contributed by atoms with Gasteiger partial charge in [-0.15, -0.1) is 4.68 Å². The Labute approximate surface area is 115 Å². The SMILES string of the molecule is CCCCn1c[n+](Cc2cccc(C)c2)cn1.[Cl-]. The van der Waals surface area contributed by atoms with Crippen LogP contribution in [0, 0.1) is 6.92 Å². The van der Waals surface area contributed by atoms with Gasteiger partial charge in [-0.25, -0.2) is 4.57 Å². The third kappa shape index (κ3) is 4.15. The van der Waals surface area contributed by atoms with E-state index in [0.717, 1.165) is 13.1 Å². The Bertz CT molecular complexity index is 479. The number of aryl methyl sites for hydroxylation is 2. The zero-order valence-electron chi connectivity index (χ0n) is 11.0. The number of aromatic nitrogens is 3. The predicted molar refractivity (Wildman–Crippen MR) is 67.6 cm³/mol. The van der Waals surface area contributed by atoms with Crippen molar-refractivity contribution < 1.29 is 17.0 Å². The standard InChI is InChI=1S/C14H20N3.ClH/c1-3-4-8-17-12-16(11-15-17)10-14-7-5-6-13(2)9-14;/h5-7,9,11-12H,3-4,8,10H2,1-2H3;1H/q+1;/p-1. The number of rotatable bonds is 5. The zero-order chi connectivity index (χ0) is 12.1. The zero-order valence-corrected chi connectivity index (χ0v) is 11.8. The van der Waals surface area contributed by atoms with Gasteiger partial charge in [-0.1, -0.05) is 43.2 Å². The maximum absolute atomic E-state index is 4.35. The van der Waals surface area contributed by atoms with Crippen molar-refractivity contribution >= 4 is 0 Å². The molecule has 0 spiro atoms. The maximum Gasteiger partial charge on any atom is 0.265 e. The summed E-state index contributed by atoms with van der Waals surface area (Å²) < 4.78 is 4.14. The van der Waals surface area contributed by atoms with Crippen molar-refractivity contribution in [2.24, 2.45) is 0 Å². The molecule has 18 heavy (non-hydrogen) atoms. The van der Waals surface area contributed by atoms with Crippen LogP contribution in [0.3, 0.4) is 0 Å². The van der Waals surface area contributed by atoms with Crippen LogP contribution < -0.4 is 17.0 Å². The molecule has 1 aromatic heterocycles. The van der Waals surface area contributed by atoms with Gasteiger partial charge in [0.2, 0.25) is 6.33 Å². The molecule has 1 aromatic carbocycles. The van der Waals surface area contributed by atoms with Gasteiger partial charge in [0.25, 0.3) is 6.33 Å². The van der Waals surface area contributed by atoms with E-state index in [2.05, 4.69) is 54.1 Å². The van der Waals surface area contributed by atoms with E-state index in [-0.39, 0.29) is 12.4 Å². The normalized spacial score (nSPS) is 10.1. The molecule has 2 aromatic rings. The Kier molecular flexibility index (Phi) is 5.86. The highest BCUT2D eigenvalue weighted by molar-refractivity contribution is 5.21. The van der Waals surface area contributed by atoms with E-state index in [0.29, 0.717) is 0 Å². The summed E-state index contributed by atoms with van der Waals surface area (Å²) in [5, 5.41) is 4.35. The molecule has 98 valence electrons. The first-order valence-electron chi connectivity index (χ1n) is 6.25. The lowest BCUT2D eigenvalue weighted by molar-refractivity contribution is -0.689. The molecular formula is C14H20ClN3. The van der Waals surface area contributed by atoms with E-state index < -0.39 is 0 Å². The lowest BCUT2D eigenvalue weighted by Gasteiger charge is -1.99. The van der Waals surface area contributed by atoms with Crippen LogP contribution >= 0.6 is 0 Å². The van der Waals surface area contributed by atoms with E-state index in [4.69, 9.17) is 0 Å². The summed E-state index contributed by atoms with van der Waals surface area (Å²) in [4.78, 5) is 0. The molecule has 0 unspecified atom stereocenters. The molecule has 0 N–H and O–H groups in total. The van der Waals surface area contributed by atoms with Gasteiger partial charge in [0, 0.05) is 5.10 Å². The maximum atomic E-state index is 4.35. The van der Waals surface area contributed by atoms with Crippen molar-refractivity contribution in [2.45, 2.75) is 39.8 Å². The van der Waals surface area contributed by atoms with Crippen LogP contribution in [-0.4, -0.2) is 9.78 Å². The lowest BCUT2D eigenvalue weighted by Crippen LogP contribution is -3.00. The van der Waals surface area contributed by atoms with Crippen LogP contribution in [0.25, 0.3) is 0 Å². The first-order valence-corrected chi connectivity index (χ1v) is 6.25. The van der Waals surface area contributed by atoms with E-state index >= 15 is 0 Å². The van der Waals surface area contributed by atoms with E-state index in [9.17, 15) is 0 Å². The second-order valence-electron chi connectivity index (χ2n) is 4.52. The van der Waals surface area contributed by atoms with E-state index in [1.807, 2.05) is 11.0 Å². The van der Waals surface area contributed by atoms with Gasteiger partial charge in [-0.2, -0.15) is 0 Å². The second kappa shape index (κ2) is 7.17. The largest absolute Gasteiger partial charge is 1.00 e. The van der Waals surface area contributed by atoms with Crippen molar-refractivity contribution in [3.8, 4) is 0 Å². The molecule has 0 aliphatic carbocycles. The summed E-state index contributed by atoms with van der Waals surface area (Å²) in [6, 6.07) is 8.60. The summed E-state index contributed by atoms with van der Waals surface area (Å²) in [5.74, 6) is 0. The van der Waals surface area contributed by atoms with Crippen molar-refractivity contribution in [3.05, 3.63) is 48.0 Å². The molecule has 0 amide bonds. The van der Waals surface area contributed by atoms with Crippen LogP contribution in [-0.2, 0) is 13.1 Å². The van der Waals surface area contributed by atoms with Crippen molar-refractivity contribution in [3.63, 3.8) is 0 Å². The Morgan fingerprint density at radius 3 is 2.89 bits per heavy atom. The van der Waals surface area contributed by atoms with Crippen LogP contribution in [0.2, 0.25) is 0 Å². The number of benzene rings is 1. The molecule has 0 atom stereocenters. The summed E-state index contributed by atoms with van der Waals surface area (Å²) >= 11 is 0. The molecule has 0 fully saturated rings. The summed E-state index contributed by atoms with van der Waals surface area (Å²) in [7, 11) is 0. The van der Waals surface area contributed by atoms with Gasteiger partial charge in [-0.05, 0) is 18.9 Å². The fourth-order valence-electron chi connectivity index (χ4n) is 1.90. The second-order valence-corrected chi connectivity index (χ2v) is 4.52. The molecule has 0 radical (unpaired) electrons. The third-order valence-corrected chi connectivity index (χ3v) is 2.82. The van der Waals surface area contributed by atoms with Gasteiger partial charge in [-0.3, -0.25) is 0 Å². The average Bonchev–Trinajstić information content (AvgIpc) is 2.74. The van der Waals surface area contributed by atoms with Crippen LogP contribution in [0.1, 0.15) is 30.9 Å². The Hall–Kier alpha value is -1.35. The Morgan fingerprint density at radius 2 is 2.17 bits per heavy atom. The van der Waals surface area contributed by atoms with Crippen LogP contribution in [0.4, 0.5) is 0 Å². The highest BCUT2D eigenvalue weighted by Crippen LogP contribution is 2.03. The van der Waals surface area contributed by atoms with Crippen molar-refractivity contribution in [1.29, 1.82) is 0 Å². The molecule has 1 heterocycles. The molecular weight excluding hydrogens is 246 g/mol. The van der Waals surface area contributed by atoms with Crippen LogP contribution in [0.15, 0.2) is 36.9 Å². The highest BCUT2D eigenvalue weighted by Gasteiger charge is 2.05. The number of hydrogen-bond donors (Lipinski definition) is 0. The third-order valence-electron chi connectivity index (χ3n) is 2.82. The van der Waals surface area contributed by atoms with Crippen molar-refractivity contribution in [1.82, 2.24) is 9.78 Å². The monoisotopic (exact) mass is 265 g/mol. The molecule has 3 nitrogen and oxygen atoms in total. The minimum Gasteiger partial charge on any atom is -1.00 e. The lowest BCUT2D eigenvalue weighted by atomic mass is 10.1. The van der Waals surface area contributed by atoms with Crippen molar-refractivity contribution in [2.75, 3.05) is 0 Å². The fraction of sp³-hybridized carbons (Fsp3) is 0.429. The first-order chi connectivity index (χ1) is 8.28. The van der Waals surface area contributed by atoms with Gasteiger partial charge in [0.1, 0.15) is 6.54 Å². The van der Waals surface area contributed by atoms with Gasteiger partial charge >= 0.3 is 0 Å².